The first-order valence-electron chi connectivity index (χ1n) is 8.39. The summed E-state index contributed by atoms with van der Waals surface area (Å²) in [5, 5.41) is 25.1. The third-order valence-corrected chi connectivity index (χ3v) is 6.13. The van der Waals surface area contributed by atoms with Crippen molar-refractivity contribution in [2.24, 2.45) is 5.10 Å². The summed E-state index contributed by atoms with van der Waals surface area (Å²) in [4.78, 5) is 11.2. The van der Waals surface area contributed by atoms with Crippen molar-refractivity contribution in [3.05, 3.63) is 75.0 Å². The van der Waals surface area contributed by atoms with Crippen LogP contribution in [0.1, 0.15) is 23.4 Å². The lowest BCUT2D eigenvalue weighted by atomic mass is 10.1. The summed E-state index contributed by atoms with van der Waals surface area (Å²) in [6.07, 6.45) is 0.393. The molecule has 1 atom stereocenters. The number of carbonyl (C=O) groups excluding carboxylic acids is 1. The van der Waals surface area contributed by atoms with E-state index in [1.54, 1.807) is 16.8 Å². The number of aromatic nitrogens is 3. The summed E-state index contributed by atoms with van der Waals surface area (Å²) < 4.78 is 2.69. The summed E-state index contributed by atoms with van der Waals surface area (Å²) in [6, 6.07) is 15.1. The number of thioether (sulfide) groups is 1. The first kappa shape index (κ1) is 19.2. The smallest absolute Gasteiger partial charge is 0.212 e. The molecule has 0 N–H and O–H groups in total. The fourth-order valence-corrected chi connectivity index (χ4v) is 4.37. The van der Waals surface area contributed by atoms with E-state index in [1.807, 2.05) is 36.4 Å². The minimum Gasteiger partial charge on any atom is -0.550 e. The van der Waals surface area contributed by atoms with Crippen molar-refractivity contribution >= 4 is 51.0 Å². The van der Waals surface area contributed by atoms with E-state index in [9.17, 15) is 9.90 Å². The van der Waals surface area contributed by atoms with Crippen molar-refractivity contribution < 1.29 is 9.90 Å². The minimum atomic E-state index is -1.14. The van der Waals surface area contributed by atoms with E-state index in [0.717, 1.165) is 15.6 Å². The van der Waals surface area contributed by atoms with Crippen LogP contribution >= 0.6 is 39.3 Å². The molecule has 1 aliphatic heterocycles. The molecule has 0 bridgehead atoms. The van der Waals surface area contributed by atoms with Crippen LogP contribution in [0.2, 0.25) is 5.02 Å². The van der Waals surface area contributed by atoms with Crippen molar-refractivity contribution in [2.75, 3.05) is 0 Å². The highest BCUT2D eigenvalue weighted by atomic mass is 79.9. The molecule has 3 aromatic rings. The fourth-order valence-electron chi connectivity index (χ4n) is 2.87. The van der Waals surface area contributed by atoms with Gasteiger partial charge in [-0.05, 0) is 35.4 Å². The second kappa shape index (κ2) is 8.06. The van der Waals surface area contributed by atoms with E-state index in [-0.39, 0.29) is 6.42 Å². The maximum atomic E-state index is 11.2. The highest BCUT2D eigenvalue weighted by Gasteiger charge is 2.29. The lowest BCUT2D eigenvalue weighted by Crippen LogP contribution is -2.33. The van der Waals surface area contributed by atoms with Crippen LogP contribution in [-0.2, 0) is 11.2 Å². The number of benzene rings is 2. The van der Waals surface area contributed by atoms with Gasteiger partial charge in [-0.25, -0.2) is 0 Å². The molecule has 9 heteroatoms. The number of hydrogen-bond acceptors (Lipinski definition) is 6. The van der Waals surface area contributed by atoms with Crippen molar-refractivity contribution in [3.8, 4) is 0 Å². The lowest BCUT2D eigenvalue weighted by Gasteiger charge is -2.23. The SMILES string of the molecule is O=C([O-])CC1Sc2nnc(Cc3ccc(Br)cc3)n2N=C1c1ccc(Cl)cc1. The number of hydrogen-bond donors (Lipinski definition) is 0. The summed E-state index contributed by atoms with van der Waals surface area (Å²) in [7, 11) is 0. The van der Waals surface area contributed by atoms with Gasteiger partial charge >= 0.3 is 0 Å². The number of aliphatic carboxylic acids is 1. The molecule has 1 unspecified atom stereocenters. The summed E-state index contributed by atoms with van der Waals surface area (Å²) in [5.74, 6) is -0.453. The Morgan fingerprint density at radius 1 is 1.14 bits per heavy atom. The summed E-state index contributed by atoms with van der Waals surface area (Å²) in [5.41, 5.74) is 2.51. The minimum absolute atomic E-state index is 0.166. The van der Waals surface area contributed by atoms with Gasteiger partial charge in [-0.1, -0.05) is 63.6 Å². The Morgan fingerprint density at radius 3 is 2.54 bits per heavy atom. The molecule has 0 saturated carbocycles. The van der Waals surface area contributed by atoms with Gasteiger partial charge in [-0.2, -0.15) is 9.78 Å². The van der Waals surface area contributed by atoms with Crippen molar-refractivity contribution in [1.82, 2.24) is 14.9 Å². The van der Waals surface area contributed by atoms with Gasteiger partial charge in [-0.3, -0.25) is 0 Å². The van der Waals surface area contributed by atoms with Gasteiger partial charge in [0.2, 0.25) is 5.16 Å². The molecule has 0 spiro atoms. The van der Waals surface area contributed by atoms with Gasteiger partial charge in [0.05, 0.1) is 11.0 Å². The second-order valence-corrected chi connectivity index (χ2v) is 8.71. The van der Waals surface area contributed by atoms with Crippen LogP contribution in [0.15, 0.2) is 63.3 Å². The molecule has 2 heterocycles. The van der Waals surface area contributed by atoms with Crippen LogP contribution < -0.4 is 5.11 Å². The quantitative estimate of drug-likeness (QED) is 0.565. The number of rotatable bonds is 5. The molecule has 0 fully saturated rings. The number of nitrogens with zero attached hydrogens (tertiary/aromatic N) is 4. The first-order valence-corrected chi connectivity index (χ1v) is 10.4. The second-order valence-electron chi connectivity index (χ2n) is 6.19. The first-order chi connectivity index (χ1) is 13.5. The standard InChI is InChI=1S/C19H14BrClN4O2S/c20-13-5-1-11(2-6-13)9-16-22-23-19-25(16)24-18(15(28-19)10-17(26)27)12-3-7-14(21)8-4-12/h1-8,15H,9-10H2,(H,26,27)/p-1. The van der Waals surface area contributed by atoms with Crippen molar-refractivity contribution in [3.63, 3.8) is 0 Å². The van der Waals surface area contributed by atoms with Crippen LogP contribution in [0, 0.1) is 0 Å². The van der Waals surface area contributed by atoms with E-state index < -0.39 is 11.2 Å². The number of halogens is 2. The zero-order valence-electron chi connectivity index (χ0n) is 14.4. The van der Waals surface area contributed by atoms with Crippen molar-refractivity contribution in [2.45, 2.75) is 23.2 Å². The van der Waals surface area contributed by atoms with Gasteiger partial charge in [-0.15, -0.1) is 10.2 Å². The van der Waals surface area contributed by atoms with Gasteiger partial charge in [0.1, 0.15) is 0 Å². The Morgan fingerprint density at radius 2 is 1.86 bits per heavy atom. The number of fused-ring (bicyclic) bond motifs is 1. The topological polar surface area (TPSA) is 83.2 Å². The van der Waals surface area contributed by atoms with Gasteiger partial charge in [0.15, 0.2) is 5.82 Å². The third-order valence-electron chi connectivity index (χ3n) is 4.20. The summed E-state index contributed by atoms with van der Waals surface area (Å²) in [6.45, 7) is 0. The normalized spacial score (nSPS) is 15.8. The Balaban J connectivity index is 1.72. The van der Waals surface area contributed by atoms with Crippen LogP contribution in [0.4, 0.5) is 0 Å². The molecule has 0 radical (unpaired) electrons. The molecule has 0 aliphatic carbocycles. The zero-order valence-corrected chi connectivity index (χ0v) is 17.5. The third kappa shape index (κ3) is 4.14. The zero-order chi connectivity index (χ0) is 19.7. The predicted octanol–water partition coefficient (Wildman–Crippen LogP) is 3.15. The van der Waals surface area contributed by atoms with Crippen LogP contribution in [0.25, 0.3) is 0 Å². The van der Waals surface area contributed by atoms with Crippen LogP contribution in [-0.4, -0.2) is 31.8 Å². The van der Waals surface area contributed by atoms with Crippen LogP contribution in [0.3, 0.4) is 0 Å². The lowest BCUT2D eigenvalue weighted by molar-refractivity contribution is -0.305. The largest absolute Gasteiger partial charge is 0.550 e. The maximum absolute atomic E-state index is 11.2. The van der Waals surface area contributed by atoms with Gasteiger partial charge < -0.3 is 9.90 Å². The van der Waals surface area contributed by atoms with Gasteiger partial charge in [0, 0.05) is 28.3 Å². The van der Waals surface area contributed by atoms with E-state index >= 15 is 0 Å². The molecule has 0 saturated heterocycles. The molecule has 0 amide bonds. The van der Waals surface area contributed by atoms with Gasteiger partial charge in [0.25, 0.3) is 0 Å². The van der Waals surface area contributed by atoms with E-state index in [4.69, 9.17) is 16.7 Å². The van der Waals surface area contributed by atoms with E-state index in [2.05, 4.69) is 26.1 Å². The van der Waals surface area contributed by atoms with E-state index in [0.29, 0.717) is 28.1 Å². The number of carbonyl (C=O) groups is 1. The monoisotopic (exact) mass is 475 g/mol. The van der Waals surface area contributed by atoms with Crippen molar-refractivity contribution in [1.29, 1.82) is 0 Å². The number of carboxylic acids is 1. The predicted molar refractivity (Wildman–Crippen MR) is 110 cm³/mol. The highest BCUT2D eigenvalue weighted by molar-refractivity contribution is 9.10. The Kier molecular flexibility index (Phi) is 5.52. The number of carboxylic acid groups (broad SMARTS) is 1. The average Bonchev–Trinajstić information content (AvgIpc) is 3.05. The molecule has 1 aliphatic rings. The maximum Gasteiger partial charge on any atom is 0.212 e. The highest BCUT2D eigenvalue weighted by Crippen LogP contribution is 2.33. The van der Waals surface area contributed by atoms with E-state index in [1.165, 1.54) is 11.8 Å². The molecule has 28 heavy (non-hydrogen) atoms. The molecule has 4 rings (SSSR count). The molecular weight excluding hydrogens is 464 g/mol. The average molecular weight is 477 g/mol. The molecule has 6 nitrogen and oxygen atoms in total. The van der Waals surface area contributed by atoms with Crippen LogP contribution in [0.5, 0.6) is 0 Å². The molecular formula is C19H13BrClN4O2S-. The Hall–Kier alpha value is -2.16. The Bertz CT molecular complexity index is 1050. The molecule has 142 valence electrons. The molecule has 2 aromatic carbocycles. The fraction of sp³-hybridized carbons (Fsp3) is 0.158. The summed E-state index contributed by atoms with van der Waals surface area (Å²) >= 11 is 10.7. The molecule has 1 aromatic heterocycles. The Labute approximate surface area is 178 Å².